The molecular formula is C23H31N3O5. The van der Waals surface area contributed by atoms with E-state index in [9.17, 15) is 9.59 Å². The highest BCUT2D eigenvalue weighted by Gasteiger charge is 2.15. The molecule has 0 saturated heterocycles. The second-order valence-corrected chi connectivity index (χ2v) is 7.30. The SMILES string of the molecule is CNOC[C@@H](COC(=O)Nc1ccc(Cc2ccc(CC(=O)OC)cc2)cc1)N(C)C. The van der Waals surface area contributed by atoms with Crippen molar-refractivity contribution in [3.05, 3.63) is 65.2 Å². The molecule has 0 aromatic heterocycles. The number of benzene rings is 2. The van der Waals surface area contributed by atoms with Gasteiger partial charge >= 0.3 is 12.1 Å². The Morgan fingerprint density at radius 3 is 2.06 bits per heavy atom. The van der Waals surface area contributed by atoms with E-state index < -0.39 is 6.09 Å². The Hall–Kier alpha value is -2.94. The second kappa shape index (κ2) is 12.7. The van der Waals surface area contributed by atoms with Gasteiger partial charge in [-0.1, -0.05) is 36.4 Å². The lowest BCUT2D eigenvalue weighted by Gasteiger charge is -2.23. The predicted molar refractivity (Wildman–Crippen MR) is 119 cm³/mol. The molecule has 0 aliphatic heterocycles. The summed E-state index contributed by atoms with van der Waals surface area (Å²) < 4.78 is 9.99. The van der Waals surface area contributed by atoms with Crippen molar-refractivity contribution in [2.75, 3.05) is 46.8 Å². The van der Waals surface area contributed by atoms with Gasteiger partial charge < -0.3 is 19.2 Å². The van der Waals surface area contributed by atoms with Crippen LogP contribution >= 0.6 is 0 Å². The third-order valence-electron chi connectivity index (χ3n) is 4.76. The quantitative estimate of drug-likeness (QED) is 0.419. The molecule has 2 aromatic rings. The molecule has 8 heteroatoms. The normalized spacial score (nSPS) is 11.8. The zero-order chi connectivity index (χ0) is 22.6. The van der Waals surface area contributed by atoms with Crippen LogP contribution in [0, 0.1) is 0 Å². The average Bonchev–Trinajstić information content (AvgIpc) is 2.76. The van der Waals surface area contributed by atoms with Gasteiger partial charge in [0.2, 0.25) is 0 Å². The van der Waals surface area contributed by atoms with Gasteiger partial charge in [0.05, 0.1) is 26.2 Å². The highest BCUT2D eigenvalue weighted by atomic mass is 16.6. The van der Waals surface area contributed by atoms with Gasteiger partial charge in [-0.15, -0.1) is 0 Å². The van der Waals surface area contributed by atoms with Crippen LogP contribution in [0.25, 0.3) is 0 Å². The van der Waals surface area contributed by atoms with Crippen molar-refractivity contribution in [3.8, 4) is 0 Å². The standard InChI is InChI=1S/C23H31N3O5/c1-24-31-16-21(26(2)3)15-30-23(28)25-20-11-9-18(10-12-20)13-17-5-7-19(8-6-17)14-22(27)29-4/h5-12,21,24H,13-16H2,1-4H3,(H,25,28)/t21-/m1/s1. The van der Waals surface area contributed by atoms with Gasteiger partial charge in [0.25, 0.3) is 0 Å². The highest BCUT2D eigenvalue weighted by molar-refractivity contribution is 5.84. The Balaban J connectivity index is 1.83. The third-order valence-corrected chi connectivity index (χ3v) is 4.76. The predicted octanol–water partition coefficient (Wildman–Crippen LogP) is 2.62. The van der Waals surface area contributed by atoms with Gasteiger partial charge in [0, 0.05) is 12.7 Å². The molecule has 0 aliphatic carbocycles. The van der Waals surface area contributed by atoms with Crippen molar-refractivity contribution in [3.63, 3.8) is 0 Å². The zero-order valence-electron chi connectivity index (χ0n) is 18.5. The Labute approximate surface area is 183 Å². The molecule has 0 aliphatic rings. The lowest BCUT2D eigenvalue weighted by atomic mass is 10.0. The first-order valence-electron chi connectivity index (χ1n) is 10.0. The third kappa shape index (κ3) is 8.75. The molecule has 0 unspecified atom stereocenters. The van der Waals surface area contributed by atoms with Crippen molar-refractivity contribution in [2.45, 2.75) is 18.9 Å². The maximum atomic E-state index is 12.1. The number of ether oxygens (including phenoxy) is 2. The van der Waals surface area contributed by atoms with Crippen molar-refractivity contribution in [1.82, 2.24) is 10.4 Å². The van der Waals surface area contributed by atoms with E-state index in [4.69, 9.17) is 9.57 Å². The summed E-state index contributed by atoms with van der Waals surface area (Å²) >= 11 is 0. The highest BCUT2D eigenvalue weighted by Crippen LogP contribution is 2.15. The number of hydrogen-bond acceptors (Lipinski definition) is 7. The van der Waals surface area contributed by atoms with E-state index in [0.717, 1.165) is 23.1 Å². The minimum absolute atomic E-state index is 0.0559. The molecule has 0 saturated carbocycles. The fraction of sp³-hybridized carbons (Fsp3) is 0.391. The molecular weight excluding hydrogens is 398 g/mol. The first kappa shape index (κ1) is 24.3. The summed E-state index contributed by atoms with van der Waals surface area (Å²) in [5.74, 6) is -0.252. The van der Waals surface area contributed by atoms with Crippen LogP contribution in [0.2, 0.25) is 0 Å². The van der Waals surface area contributed by atoms with E-state index in [-0.39, 0.29) is 25.0 Å². The van der Waals surface area contributed by atoms with Crippen molar-refractivity contribution >= 4 is 17.7 Å². The van der Waals surface area contributed by atoms with E-state index in [1.165, 1.54) is 7.11 Å². The van der Waals surface area contributed by atoms with Crippen LogP contribution in [-0.2, 0) is 31.9 Å². The number of hydrogen-bond donors (Lipinski definition) is 2. The van der Waals surface area contributed by atoms with Gasteiger partial charge in [-0.25, -0.2) is 10.3 Å². The second-order valence-electron chi connectivity index (χ2n) is 7.30. The summed E-state index contributed by atoms with van der Waals surface area (Å²) in [6.45, 7) is 0.611. The number of rotatable bonds is 11. The number of carbonyl (C=O) groups is 2. The van der Waals surface area contributed by atoms with Crippen molar-refractivity contribution in [2.24, 2.45) is 0 Å². The minimum atomic E-state index is -0.509. The Morgan fingerprint density at radius 1 is 0.935 bits per heavy atom. The summed E-state index contributed by atoms with van der Waals surface area (Å²) in [4.78, 5) is 30.5. The molecule has 1 amide bonds. The number of nitrogens with one attached hydrogen (secondary N) is 2. The largest absolute Gasteiger partial charge is 0.469 e. The van der Waals surface area contributed by atoms with E-state index in [0.29, 0.717) is 12.3 Å². The summed E-state index contributed by atoms with van der Waals surface area (Å²) in [5.41, 5.74) is 6.44. The molecule has 2 rings (SSSR count). The molecule has 31 heavy (non-hydrogen) atoms. The van der Waals surface area contributed by atoms with Gasteiger partial charge in [0.15, 0.2) is 0 Å². The Kier molecular flexibility index (Phi) is 9.96. The molecule has 0 spiro atoms. The summed E-state index contributed by atoms with van der Waals surface area (Å²) in [5, 5.41) is 2.73. The topological polar surface area (TPSA) is 89.1 Å². The zero-order valence-corrected chi connectivity index (χ0v) is 18.5. The lowest BCUT2D eigenvalue weighted by molar-refractivity contribution is -0.139. The first-order valence-corrected chi connectivity index (χ1v) is 10.0. The monoisotopic (exact) mass is 429 g/mol. The average molecular weight is 430 g/mol. The molecule has 1 atom stereocenters. The summed E-state index contributed by atoms with van der Waals surface area (Å²) in [6, 6.07) is 15.4. The summed E-state index contributed by atoms with van der Waals surface area (Å²) in [6.07, 6.45) is 0.509. The fourth-order valence-electron chi connectivity index (χ4n) is 2.81. The van der Waals surface area contributed by atoms with Gasteiger partial charge in [-0.2, -0.15) is 0 Å². The van der Waals surface area contributed by atoms with Crippen LogP contribution in [0.3, 0.4) is 0 Å². The molecule has 0 bridgehead atoms. The summed E-state index contributed by atoms with van der Waals surface area (Å²) in [7, 11) is 6.87. The molecule has 8 nitrogen and oxygen atoms in total. The number of carbonyl (C=O) groups excluding carboxylic acids is 2. The maximum absolute atomic E-state index is 12.1. The van der Waals surface area contributed by atoms with Crippen molar-refractivity contribution < 1.29 is 23.9 Å². The van der Waals surface area contributed by atoms with Crippen LogP contribution in [-0.4, -0.2) is 64.5 Å². The number of anilines is 1. The molecule has 0 radical (unpaired) electrons. The molecule has 0 fully saturated rings. The van der Waals surface area contributed by atoms with Crippen LogP contribution in [0.1, 0.15) is 16.7 Å². The Bertz CT molecular complexity index is 822. The fourth-order valence-corrected chi connectivity index (χ4v) is 2.81. The number of likely N-dealkylation sites (N-methyl/N-ethyl adjacent to an activating group) is 1. The van der Waals surface area contributed by atoms with Crippen LogP contribution in [0.4, 0.5) is 10.5 Å². The smallest absolute Gasteiger partial charge is 0.411 e. The molecule has 168 valence electrons. The van der Waals surface area contributed by atoms with Crippen LogP contribution in [0.15, 0.2) is 48.5 Å². The number of esters is 1. The molecule has 2 aromatic carbocycles. The number of hydroxylamine groups is 1. The van der Waals surface area contributed by atoms with Crippen LogP contribution < -0.4 is 10.8 Å². The van der Waals surface area contributed by atoms with E-state index in [1.807, 2.05) is 67.5 Å². The molecule has 2 N–H and O–H groups in total. The molecule has 0 heterocycles. The van der Waals surface area contributed by atoms with Crippen molar-refractivity contribution in [1.29, 1.82) is 0 Å². The number of amides is 1. The van der Waals surface area contributed by atoms with Gasteiger partial charge in [-0.05, 0) is 49.3 Å². The maximum Gasteiger partial charge on any atom is 0.411 e. The number of methoxy groups -OCH3 is 1. The van der Waals surface area contributed by atoms with Gasteiger partial charge in [-0.3, -0.25) is 10.1 Å². The van der Waals surface area contributed by atoms with E-state index in [1.54, 1.807) is 7.05 Å². The van der Waals surface area contributed by atoms with E-state index in [2.05, 4.69) is 15.5 Å². The van der Waals surface area contributed by atoms with E-state index >= 15 is 0 Å². The number of nitrogens with zero attached hydrogens (tertiary/aromatic N) is 1. The lowest BCUT2D eigenvalue weighted by Crippen LogP contribution is -2.39. The minimum Gasteiger partial charge on any atom is -0.469 e. The first-order chi connectivity index (χ1) is 14.9. The van der Waals surface area contributed by atoms with Crippen LogP contribution in [0.5, 0.6) is 0 Å². The Morgan fingerprint density at radius 2 is 1.52 bits per heavy atom. The van der Waals surface area contributed by atoms with Gasteiger partial charge in [0.1, 0.15) is 6.61 Å².